The van der Waals surface area contributed by atoms with Crippen LogP contribution >= 0.6 is 0 Å². The standard InChI is InChI=1S/C12H16F3N3O/c1-2-17-10-8-16-7-4-9(10)11(19)18-6-3-5-12(13,14)15/h4,7-8,17H,2-3,5-6H2,1H3,(H,18,19). The van der Waals surface area contributed by atoms with E-state index in [0.29, 0.717) is 17.8 Å². The average Bonchev–Trinajstić information content (AvgIpc) is 2.34. The van der Waals surface area contributed by atoms with E-state index in [9.17, 15) is 18.0 Å². The summed E-state index contributed by atoms with van der Waals surface area (Å²) in [5.41, 5.74) is 0.946. The molecule has 1 rings (SSSR count). The zero-order chi connectivity index (χ0) is 14.3. The Labute approximate surface area is 109 Å². The molecule has 4 nitrogen and oxygen atoms in total. The predicted molar refractivity (Wildman–Crippen MR) is 66.0 cm³/mol. The summed E-state index contributed by atoms with van der Waals surface area (Å²) in [7, 11) is 0. The van der Waals surface area contributed by atoms with Crippen LogP contribution in [0.25, 0.3) is 0 Å². The molecule has 0 aliphatic heterocycles. The number of amides is 1. The van der Waals surface area contributed by atoms with E-state index in [2.05, 4.69) is 15.6 Å². The van der Waals surface area contributed by atoms with Gasteiger partial charge in [-0.15, -0.1) is 0 Å². The number of rotatable bonds is 6. The zero-order valence-electron chi connectivity index (χ0n) is 10.5. The van der Waals surface area contributed by atoms with Gasteiger partial charge in [0.2, 0.25) is 0 Å². The number of carbonyl (C=O) groups is 1. The summed E-state index contributed by atoms with van der Waals surface area (Å²) < 4.78 is 35.8. The fourth-order valence-corrected chi connectivity index (χ4v) is 1.51. The van der Waals surface area contributed by atoms with Crippen LogP contribution in [0.4, 0.5) is 18.9 Å². The molecule has 0 aliphatic carbocycles. The van der Waals surface area contributed by atoms with Crippen molar-refractivity contribution in [2.24, 2.45) is 0 Å². The maximum atomic E-state index is 11.9. The Hall–Kier alpha value is -1.79. The highest BCUT2D eigenvalue weighted by atomic mass is 19.4. The number of carbonyl (C=O) groups excluding carboxylic acids is 1. The normalized spacial score (nSPS) is 11.2. The molecule has 1 aromatic rings. The van der Waals surface area contributed by atoms with Crippen molar-refractivity contribution >= 4 is 11.6 Å². The van der Waals surface area contributed by atoms with Crippen molar-refractivity contribution in [1.29, 1.82) is 0 Å². The summed E-state index contributed by atoms with van der Waals surface area (Å²) in [6.45, 7) is 2.49. The Kier molecular flexibility index (Phi) is 5.59. The average molecular weight is 275 g/mol. The Balaban J connectivity index is 2.49. The second-order valence-corrected chi connectivity index (χ2v) is 3.93. The molecule has 2 N–H and O–H groups in total. The van der Waals surface area contributed by atoms with E-state index in [0.717, 1.165) is 0 Å². The molecular weight excluding hydrogens is 259 g/mol. The van der Waals surface area contributed by atoms with Crippen LogP contribution in [0, 0.1) is 0 Å². The molecule has 7 heteroatoms. The lowest BCUT2D eigenvalue weighted by Crippen LogP contribution is -2.26. The van der Waals surface area contributed by atoms with Crippen molar-refractivity contribution < 1.29 is 18.0 Å². The molecule has 0 aromatic carbocycles. The van der Waals surface area contributed by atoms with Gasteiger partial charge in [-0.3, -0.25) is 9.78 Å². The first-order valence-corrected chi connectivity index (χ1v) is 5.97. The van der Waals surface area contributed by atoms with Crippen LogP contribution in [0.3, 0.4) is 0 Å². The first kappa shape index (κ1) is 15.3. The van der Waals surface area contributed by atoms with E-state index < -0.39 is 18.5 Å². The molecule has 0 fully saturated rings. The molecule has 0 bridgehead atoms. The van der Waals surface area contributed by atoms with E-state index in [1.807, 2.05) is 6.92 Å². The maximum Gasteiger partial charge on any atom is 0.389 e. The largest absolute Gasteiger partial charge is 0.389 e. The first-order valence-electron chi connectivity index (χ1n) is 5.97. The third-order valence-electron chi connectivity index (χ3n) is 2.36. The Morgan fingerprint density at radius 1 is 1.42 bits per heavy atom. The van der Waals surface area contributed by atoms with Gasteiger partial charge in [-0.2, -0.15) is 13.2 Å². The van der Waals surface area contributed by atoms with Crippen LogP contribution < -0.4 is 10.6 Å². The number of alkyl halides is 3. The molecule has 0 radical (unpaired) electrons. The van der Waals surface area contributed by atoms with E-state index in [-0.39, 0.29) is 13.0 Å². The van der Waals surface area contributed by atoms with Gasteiger partial charge in [0.05, 0.1) is 17.4 Å². The number of hydrogen-bond donors (Lipinski definition) is 2. The van der Waals surface area contributed by atoms with E-state index in [4.69, 9.17) is 0 Å². The minimum atomic E-state index is -4.18. The highest BCUT2D eigenvalue weighted by Gasteiger charge is 2.26. The number of nitrogens with zero attached hydrogens (tertiary/aromatic N) is 1. The molecule has 1 heterocycles. The van der Waals surface area contributed by atoms with E-state index in [1.165, 1.54) is 18.5 Å². The zero-order valence-corrected chi connectivity index (χ0v) is 10.5. The van der Waals surface area contributed by atoms with E-state index >= 15 is 0 Å². The summed E-state index contributed by atoms with van der Waals surface area (Å²) in [6.07, 6.45) is -2.24. The van der Waals surface area contributed by atoms with Gasteiger partial charge in [-0.25, -0.2) is 0 Å². The van der Waals surface area contributed by atoms with Crippen molar-refractivity contribution in [2.75, 3.05) is 18.4 Å². The Morgan fingerprint density at radius 2 is 2.16 bits per heavy atom. The van der Waals surface area contributed by atoms with Crippen LogP contribution in [0.15, 0.2) is 18.5 Å². The van der Waals surface area contributed by atoms with Crippen LogP contribution in [0.2, 0.25) is 0 Å². The van der Waals surface area contributed by atoms with Crippen LogP contribution in [0.1, 0.15) is 30.1 Å². The highest BCUT2D eigenvalue weighted by molar-refractivity contribution is 5.99. The number of pyridine rings is 1. The van der Waals surface area contributed by atoms with Crippen molar-refractivity contribution in [1.82, 2.24) is 10.3 Å². The SMILES string of the molecule is CCNc1cnccc1C(=O)NCCCC(F)(F)F. The number of hydrogen-bond acceptors (Lipinski definition) is 3. The molecule has 0 spiro atoms. The number of anilines is 1. The van der Waals surface area contributed by atoms with Gasteiger partial charge in [0, 0.05) is 25.7 Å². The van der Waals surface area contributed by atoms with Gasteiger partial charge < -0.3 is 10.6 Å². The number of halogens is 3. The van der Waals surface area contributed by atoms with Crippen molar-refractivity contribution in [2.45, 2.75) is 25.9 Å². The lowest BCUT2D eigenvalue weighted by Gasteiger charge is -2.11. The minimum Gasteiger partial charge on any atom is -0.383 e. The molecule has 19 heavy (non-hydrogen) atoms. The fourth-order valence-electron chi connectivity index (χ4n) is 1.51. The van der Waals surface area contributed by atoms with Gasteiger partial charge in [-0.05, 0) is 19.4 Å². The lowest BCUT2D eigenvalue weighted by molar-refractivity contribution is -0.135. The molecule has 0 saturated heterocycles. The minimum absolute atomic E-state index is 0.00771. The summed E-state index contributed by atoms with van der Waals surface area (Å²) in [6, 6.07) is 1.52. The second-order valence-electron chi connectivity index (χ2n) is 3.93. The van der Waals surface area contributed by atoms with Gasteiger partial charge >= 0.3 is 6.18 Å². The van der Waals surface area contributed by atoms with Crippen LogP contribution in [-0.2, 0) is 0 Å². The predicted octanol–water partition coefficient (Wildman–Crippen LogP) is 2.59. The molecule has 0 saturated carbocycles. The first-order chi connectivity index (χ1) is 8.94. The summed E-state index contributed by atoms with van der Waals surface area (Å²) in [4.78, 5) is 15.7. The summed E-state index contributed by atoms with van der Waals surface area (Å²) in [5.74, 6) is -0.402. The molecular formula is C12H16F3N3O. The molecule has 0 unspecified atom stereocenters. The number of nitrogens with one attached hydrogen (secondary N) is 2. The van der Waals surface area contributed by atoms with Gasteiger partial charge in [0.15, 0.2) is 0 Å². The van der Waals surface area contributed by atoms with Crippen LogP contribution in [-0.4, -0.2) is 30.2 Å². The second kappa shape index (κ2) is 6.96. The summed E-state index contributed by atoms with van der Waals surface area (Å²) in [5, 5.41) is 5.43. The smallest absolute Gasteiger partial charge is 0.383 e. The Bertz CT molecular complexity index is 421. The summed E-state index contributed by atoms with van der Waals surface area (Å²) >= 11 is 0. The van der Waals surface area contributed by atoms with Crippen molar-refractivity contribution in [3.63, 3.8) is 0 Å². The van der Waals surface area contributed by atoms with Gasteiger partial charge in [0.1, 0.15) is 0 Å². The maximum absolute atomic E-state index is 11.9. The molecule has 0 atom stereocenters. The van der Waals surface area contributed by atoms with Gasteiger partial charge in [0.25, 0.3) is 5.91 Å². The molecule has 1 aromatic heterocycles. The van der Waals surface area contributed by atoms with Crippen LogP contribution in [0.5, 0.6) is 0 Å². The highest BCUT2D eigenvalue weighted by Crippen LogP contribution is 2.20. The van der Waals surface area contributed by atoms with Crippen molar-refractivity contribution in [3.8, 4) is 0 Å². The topological polar surface area (TPSA) is 54.0 Å². The third kappa shape index (κ3) is 5.58. The quantitative estimate of drug-likeness (QED) is 0.785. The molecule has 0 aliphatic rings. The number of aromatic nitrogens is 1. The molecule has 1 amide bonds. The molecule has 106 valence electrons. The van der Waals surface area contributed by atoms with Crippen molar-refractivity contribution in [3.05, 3.63) is 24.0 Å². The monoisotopic (exact) mass is 275 g/mol. The fraction of sp³-hybridized carbons (Fsp3) is 0.500. The third-order valence-corrected chi connectivity index (χ3v) is 2.36. The Morgan fingerprint density at radius 3 is 2.79 bits per heavy atom. The lowest BCUT2D eigenvalue weighted by atomic mass is 10.2. The van der Waals surface area contributed by atoms with Gasteiger partial charge in [-0.1, -0.05) is 0 Å². The van der Waals surface area contributed by atoms with E-state index in [1.54, 1.807) is 0 Å².